The maximum atomic E-state index is 6.12. The fourth-order valence-electron chi connectivity index (χ4n) is 2.18. The number of halogens is 2. The molecule has 0 aromatic heterocycles. The third-order valence-electron chi connectivity index (χ3n) is 3.36. The van der Waals surface area contributed by atoms with E-state index >= 15 is 0 Å². The summed E-state index contributed by atoms with van der Waals surface area (Å²) in [4.78, 5) is 0. The van der Waals surface area contributed by atoms with Crippen LogP contribution in [0.25, 0.3) is 0 Å². The molecule has 0 saturated heterocycles. The zero-order valence-electron chi connectivity index (χ0n) is 11.8. The number of hydrogen-bond donors (Lipinski definition) is 1. The lowest BCUT2D eigenvalue weighted by Gasteiger charge is -2.04. The number of nitrogens with two attached hydrogens (primary N) is 1. The Labute approximate surface area is 140 Å². The van der Waals surface area contributed by atoms with Gasteiger partial charge < -0.3 is 5.73 Å². The predicted molar refractivity (Wildman–Crippen MR) is 94.5 cm³/mol. The van der Waals surface area contributed by atoms with Crippen LogP contribution in [-0.2, 0) is 5.75 Å². The molecule has 0 aliphatic heterocycles. The van der Waals surface area contributed by atoms with Crippen molar-refractivity contribution in [3.05, 3.63) is 33.8 Å². The number of thioether (sulfide) groups is 1. The van der Waals surface area contributed by atoms with Crippen molar-refractivity contribution in [1.82, 2.24) is 0 Å². The standard InChI is InChI=1S/C15H19Cl2N3S/c16-12-8-7-11(14(17)9-12)10-21-15(18)20-19-13-5-3-1-2-4-6-13/h7-9H,1-6,10H2,(H2,18,20). The number of hydrogen-bond acceptors (Lipinski definition) is 3. The summed E-state index contributed by atoms with van der Waals surface area (Å²) in [6.07, 6.45) is 7.10. The van der Waals surface area contributed by atoms with Crippen molar-refractivity contribution in [3.63, 3.8) is 0 Å². The van der Waals surface area contributed by atoms with Crippen LogP contribution in [0.3, 0.4) is 0 Å². The van der Waals surface area contributed by atoms with E-state index in [-0.39, 0.29) is 0 Å². The SMILES string of the molecule is N/C(=N/N=C1CCCCCC1)SCc1ccc(Cl)cc1Cl. The van der Waals surface area contributed by atoms with Gasteiger partial charge in [-0.1, -0.05) is 53.9 Å². The van der Waals surface area contributed by atoms with Crippen LogP contribution in [0.1, 0.15) is 44.1 Å². The monoisotopic (exact) mass is 343 g/mol. The minimum atomic E-state index is 0.470. The first kappa shape index (κ1) is 16.7. The molecular formula is C15H19Cl2N3S. The third-order valence-corrected chi connectivity index (χ3v) is 4.78. The number of benzene rings is 1. The fraction of sp³-hybridized carbons (Fsp3) is 0.467. The first-order chi connectivity index (χ1) is 10.1. The van der Waals surface area contributed by atoms with Crippen molar-refractivity contribution in [2.24, 2.45) is 15.9 Å². The number of nitrogens with zero attached hydrogens (tertiary/aromatic N) is 2. The Morgan fingerprint density at radius 3 is 2.52 bits per heavy atom. The molecule has 0 unspecified atom stereocenters. The molecule has 0 bridgehead atoms. The minimum absolute atomic E-state index is 0.470. The second kappa shape index (κ2) is 8.66. The van der Waals surface area contributed by atoms with Crippen LogP contribution < -0.4 is 5.73 Å². The van der Waals surface area contributed by atoms with E-state index in [1.807, 2.05) is 12.1 Å². The largest absolute Gasteiger partial charge is 0.377 e. The van der Waals surface area contributed by atoms with Gasteiger partial charge in [0.25, 0.3) is 0 Å². The van der Waals surface area contributed by atoms with E-state index in [0.717, 1.165) is 18.4 Å². The molecule has 2 rings (SSSR count). The average molecular weight is 344 g/mol. The molecule has 2 N–H and O–H groups in total. The highest BCUT2D eigenvalue weighted by Gasteiger charge is 2.06. The molecule has 1 aromatic rings. The summed E-state index contributed by atoms with van der Waals surface area (Å²) in [7, 11) is 0. The average Bonchev–Trinajstić information content (AvgIpc) is 2.73. The van der Waals surface area contributed by atoms with Crippen LogP contribution in [-0.4, -0.2) is 10.9 Å². The maximum Gasteiger partial charge on any atom is 0.180 e. The molecule has 0 radical (unpaired) electrons. The third kappa shape index (κ3) is 5.89. The first-order valence-electron chi connectivity index (χ1n) is 7.11. The Kier molecular flexibility index (Phi) is 6.87. The molecule has 6 heteroatoms. The molecule has 1 aliphatic carbocycles. The molecule has 1 aliphatic rings. The van der Waals surface area contributed by atoms with Gasteiger partial charge in [0.15, 0.2) is 5.17 Å². The summed E-state index contributed by atoms with van der Waals surface area (Å²) < 4.78 is 0. The molecule has 114 valence electrons. The lowest BCUT2D eigenvalue weighted by molar-refractivity contribution is 0.702. The highest BCUT2D eigenvalue weighted by atomic mass is 35.5. The first-order valence-corrected chi connectivity index (χ1v) is 8.85. The zero-order valence-corrected chi connectivity index (χ0v) is 14.1. The van der Waals surface area contributed by atoms with Crippen LogP contribution in [0.2, 0.25) is 10.0 Å². The summed E-state index contributed by atoms with van der Waals surface area (Å²) in [5.41, 5.74) is 8.05. The van der Waals surface area contributed by atoms with E-state index in [9.17, 15) is 0 Å². The van der Waals surface area contributed by atoms with Crippen molar-refractivity contribution in [2.75, 3.05) is 0 Å². The summed E-state index contributed by atoms with van der Waals surface area (Å²) in [6, 6.07) is 5.46. The molecule has 0 amide bonds. The van der Waals surface area contributed by atoms with Crippen LogP contribution in [0.5, 0.6) is 0 Å². The van der Waals surface area contributed by atoms with E-state index in [1.54, 1.807) is 6.07 Å². The lowest BCUT2D eigenvalue weighted by Crippen LogP contribution is -2.07. The van der Waals surface area contributed by atoms with Gasteiger partial charge in [-0.2, -0.15) is 5.10 Å². The number of rotatable bonds is 3. The topological polar surface area (TPSA) is 50.7 Å². The molecule has 0 heterocycles. The van der Waals surface area contributed by atoms with Gasteiger partial charge in [0.2, 0.25) is 0 Å². The van der Waals surface area contributed by atoms with E-state index in [1.165, 1.54) is 43.2 Å². The van der Waals surface area contributed by atoms with Crippen LogP contribution in [0, 0.1) is 0 Å². The van der Waals surface area contributed by atoms with Gasteiger partial charge in [0.1, 0.15) is 0 Å². The van der Waals surface area contributed by atoms with Gasteiger partial charge in [-0.25, -0.2) is 0 Å². The summed E-state index contributed by atoms with van der Waals surface area (Å²) in [6.45, 7) is 0. The maximum absolute atomic E-state index is 6.12. The second-order valence-electron chi connectivity index (χ2n) is 5.04. The predicted octanol–water partition coefficient (Wildman–Crippen LogP) is 5.25. The molecular weight excluding hydrogens is 325 g/mol. The van der Waals surface area contributed by atoms with Gasteiger partial charge in [-0.05, 0) is 43.4 Å². The van der Waals surface area contributed by atoms with Crippen LogP contribution >= 0.6 is 35.0 Å². The van der Waals surface area contributed by atoms with Crippen molar-refractivity contribution in [2.45, 2.75) is 44.3 Å². The smallest absolute Gasteiger partial charge is 0.180 e. The van der Waals surface area contributed by atoms with E-state index < -0.39 is 0 Å². The Morgan fingerprint density at radius 1 is 1.14 bits per heavy atom. The molecule has 0 atom stereocenters. The lowest BCUT2D eigenvalue weighted by atomic mass is 10.2. The Morgan fingerprint density at radius 2 is 1.86 bits per heavy atom. The molecule has 21 heavy (non-hydrogen) atoms. The van der Waals surface area contributed by atoms with Crippen LogP contribution in [0.4, 0.5) is 0 Å². The zero-order chi connectivity index (χ0) is 15.1. The van der Waals surface area contributed by atoms with Crippen molar-refractivity contribution in [1.29, 1.82) is 0 Å². The second-order valence-corrected chi connectivity index (χ2v) is 6.88. The Bertz CT molecular complexity index is 534. The Balaban J connectivity index is 1.89. The van der Waals surface area contributed by atoms with Gasteiger partial charge in [-0.15, -0.1) is 5.10 Å². The fourth-order valence-corrected chi connectivity index (χ4v) is 3.38. The molecule has 1 fully saturated rings. The van der Waals surface area contributed by atoms with E-state index in [0.29, 0.717) is 21.0 Å². The molecule has 3 nitrogen and oxygen atoms in total. The van der Waals surface area contributed by atoms with Crippen molar-refractivity contribution >= 4 is 45.8 Å². The van der Waals surface area contributed by atoms with Gasteiger partial charge in [-0.3, -0.25) is 0 Å². The molecule has 0 spiro atoms. The van der Waals surface area contributed by atoms with Crippen molar-refractivity contribution < 1.29 is 0 Å². The van der Waals surface area contributed by atoms with Gasteiger partial charge in [0.05, 0.1) is 0 Å². The number of amidine groups is 1. The summed E-state index contributed by atoms with van der Waals surface area (Å²) >= 11 is 13.4. The molecule has 1 saturated carbocycles. The Hall–Kier alpha value is -0.710. The minimum Gasteiger partial charge on any atom is -0.377 e. The summed E-state index contributed by atoms with van der Waals surface area (Å²) in [5.74, 6) is 0.663. The highest BCUT2D eigenvalue weighted by molar-refractivity contribution is 8.13. The van der Waals surface area contributed by atoms with Crippen LogP contribution in [0.15, 0.2) is 28.4 Å². The highest BCUT2D eigenvalue weighted by Crippen LogP contribution is 2.24. The van der Waals surface area contributed by atoms with Crippen molar-refractivity contribution in [3.8, 4) is 0 Å². The summed E-state index contributed by atoms with van der Waals surface area (Å²) in [5, 5.41) is 10.2. The quantitative estimate of drug-likeness (QED) is 0.352. The van der Waals surface area contributed by atoms with Gasteiger partial charge >= 0.3 is 0 Å². The van der Waals surface area contributed by atoms with E-state index in [4.69, 9.17) is 28.9 Å². The van der Waals surface area contributed by atoms with Gasteiger partial charge in [0, 0.05) is 21.5 Å². The molecule has 1 aromatic carbocycles. The normalized spacial score (nSPS) is 16.7. The van der Waals surface area contributed by atoms with E-state index in [2.05, 4.69) is 10.2 Å².